The van der Waals surface area contributed by atoms with Crippen molar-refractivity contribution in [3.63, 3.8) is 0 Å². The fourth-order valence-electron chi connectivity index (χ4n) is 3.50. The average molecular weight is 381 g/mol. The lowest BCUT2D eigenvalue weighted by Gasteiger charge is -2.45. The lowest BCUT2D eigenvalue weighted by Crippen LogP contribution is -2.47. The second-order valence-corrected chi connectivity index (χ2v) is 13.0. The molecule has 1 saturated heterocycles. The largest absolute Gasteiger partial charge is 0.462 e. The van der Waals surface area contributed by atoms with Gasteiger partial charge in [-0.3, -0.25) is 9.78 Å². The fraction of sp³-hybridized carbons (Fsp3) is 0.684. The molecule has 0 bridgehead atoms. The Hall–Kier alpha value is -1.44. The number of rotatable bonds is 5. The number of aromatic nitrogens is 1. The Kier molecular flexibility index (Phi) is 6.15. The molecule has 1 aromatic rings. The molecule has 0 radical (unpaired) electrons. The first-order valence-corrected chi connectivity index (χ1v) is 12.1. The number of nitrogens with zero attached hydrogens (tertiary/aromatic N) is 1. The van der Waals surface area contributed by atoms with E-state index in [-0.39, 0.29) is 35.2 Å². The van der Waals surface area contributed by atoms with Crippen molar-refractivity contribution in [1.29, 1.82) is 0 Å². The van der Waals surface area contributed by atoms with Gasteiger partial charge in [-0.1, -0.05) is 13.8 Å². The highest BCUT2D eigenvalue weighted by molar-refractivity contribution is 6.72. The summed E-state index contributed by atoms with van der Waals surface area (Å²) in [5.74, 6) is -0.277. The Morgan fingerprint density at radius 3 is 2.69 bits per heavy atom. The lowest BCUT2D eigenvalue weighted by atomic mass is 9.81. The number of anilines is 1. The number of ether oxygens (including phenoxy) is 2. The van der Waals surface area contributed by atoms with Gasteiger partial charge in [0.05, 0.1) is 24.1 Å². The van der Waals surface area contributed by atoms with Crippen molar-refractivity contribution in [1.82, 2.24) is 4.98 Å². The maximum Gasteiger partial charge on any atom is 0.302 e. The van der Waals surface area contributed by atoms with E-state index >= 15 is 0 Å². The van der Waals surface area contributed by atoms with Gasteiger partial charge < -0.3 is 20.0 Å². The van der Waals surface area contributed by atoms with Crippen LogP contribution in [0.3, 0.4) is 0 Å². The Bertz CT molecular complexity index is 645. The molecule has 0 unspecified atom stereocenters. The van der Waals surface area contributed by atoms with Gasteiger partial charge in [-0.2, -0.15) is 0 Å². The molecule has 0 aromatic carbocycles. The van der Waals surface area contributed by atoms with Crippen molar-refractivity contribution >= 4 is 20.0 Å². The smallest absolute Gasteiger partial charge is 0.302 e. The van der Waals surface area contributed by atoms with Crippen molar-refractivity contribution < 1.29 is 19.1 Å². The number of carbonyl (C=O) groups excluding carboxylic acids is 1. The summed E-state index contributed by atoms with van der Waals surface area (Å²) in [5, 5.41) is -0.226. The molecule has 1 aromatic heterocycles. The number of esters is 1. The molecule has 0 saturated carbocycles. The summed E-state index contributed by atoms with van der Waals surface area (Å²) in [5.41, 5.74) is 7.51. The van der Waals surface area contributed by atoms with E-state index in [2.05, 4.69) is 18.8 Å². The number of hydrogen-bond donors (Lipinski definition) is 2. The summed E-state index contributed by atoms with van der Waals surface area (Å²) >= 11 is 0. The highest BCUT2D eigenvalue weighted by Gasteiger charge is 2.46. The number of pyridine rings is 1. The van der Waals surface area contributed by atoms with Crippen molar-refractivity contribution in [2.24, 2.45) is 5.92 Å². The number of hydrogen-bond acceptors (Lipinski definition) is 6. The highest BCUT2D eigenvalue weighted by Crippen LogP contribution is 2.47. The zero-order valence-electron chi connectivity index (χ0n) is 16.7. The van der Waals surface area contributed by atoms with Gasteiger partial charge in [0.2, 0.25) is 0 Å². The van der Waals surface area contributed by atoms with E-state index in [1.165, 1.54) is 6.92 Å². The quantitative estimate of drug-likeness (QED) is 0.600. The van der Waals surface area contributed by atoms with E-state index in [1.807, 2.05) is 26.1 Å². The van der Waals surface area contributed by atoms with E-state index in [0.29, 0.717) is 12.1 Å². The van der Waals surface area contributed by atoms with Gasteiger partial charge in [0.25, 0.3) is 0 Å². The highest BCUT2D eigenvalue weighted by atomic mass is 28.4. The third-order valence-electron chi connectivity index (χ3n) is 5.86. The standard InChI is InChI=1S/C19H32N2O4Si/c1-12-15(10-19(3,4)26(5,6)23)18(25-13(2)22)9-17(24-12)14-7-8-21-11-16(14)20/h7-8,11-12,15,17-18,23H,9-10,20H2,1-6H3/t12-,15-,17-,18-/m1/s1. The second-order valence-electron chi connectivity index (χ2n) is 8.53. The van der Waals surface area contributed by atoms with Gasteiger partial charge >= 0.3 is 5.97 Å². The first kappa shape index (κ1) is 20.9. The van der Waals surface area contributed by atoms with Crippen molar-refractivity contribution in [2.75, 3.05) is 5.73 Å². The number of nitrogens with two attached hydrogens (primary N) is 1. The van der Waals surface area contributed by atoms with Crippen LogP contribution in [0.1, 0.15) is 52.2 Å². The normalized spacial score (nSPS) is 27.2. The van der Waals surface area contributed by atoms with Crippen LogP contribution in [0, 0.1) is 5.92 Å². The third kappa shape index (κ3) is 4.63. The first-order valence-electron chi connectivity index (χ1n) is 9.17. The van der Waals surface area contributed by atoms with Crippen LogP contribution in [0.25, 0.3) is 0 Å². The SMILES string of the molecule is CC(=O)O[C@@H]1C[C@H](c2ccncc2N)O[C@H](C)[C@H]1CC(C)(C)[Si](C)(C)O. The van der Waals surface area contributed by atoms with Crippen LogP contribution < -0.4 is 5.73 Å². The van der Waals surface area contributed by atoms with Gasteiger partial charge in [0.15, 0.2) is 8.32 Å². The van der Waals surface area contributed by atoms with E-state index in [4.69, 9.17) is 15.2 Å². The Morgan fingerprint density at radius 1 is 1.50 bits per heavy atom. The van der Waals surface area contributed by atoms with Gasteiger partial charge in [0.1, 0.15) is 6.10 Å². The van der Waals surface area contributed by atoms with Crippen LogP contribution >= 0.6 is 0 Å². The molecule has 6 nitrogen and oxygen atoms in total. The van der Waals surface area contributed by atoms with E-state index in [0.717, 1.165) is 12.0 Å². The summed E-state index contributed by atoms with van der Waals surface area (Å²) in [6, 6.07) is 1.85. The maximum atomic E-state index is 11.7. The number of carbonyl (C=O) groups is 1. The minimum atomic E-state index is -2.38. The molecule has 3 N–H and O–H groups in total. The summed E-state index contributed by atoms with van der Waals surface area (Å²) in [7, 11) is -2.38. The van der Waals surface area contributed by atoms with E-state index in [9.17, 15) is 9.59 Å². The summed E-state index contributed by atoms with van der Waals surface area (Å²) in [6.07, 6.45) is 3.95. The van der Waals surface area contributed by atoms with E-state index in [1.54, 1.807) is 12.4 Å². The molecule has 2 rings (SSSR count). The molecule has 0 aliphatic carbocycles. The first-order chi connectivity index (χ1) is 11.9. The molecular weight excluding hydrogens is 348 g/mol. The molecule has 4 atom stereocenters. The Balaban J connectivity index is 2.27. The lowest BCUT2D eigenvalue weighted by molar-refractivity contribution is -0.174. The molecule has 1 aliphatic heterocycles. The zero-order valence-corrected chi connectivity index (χ0v) is 17.7. The fourth-order valence-corrected chi connectivity index (χ4v) is 4.23. The van der Waals surface area contributed by atoms with Gasteiger partial charge in [-0.25, -0.2) is 0 Å². The predicted molar refractivity (Wildman–Crippen MR) is 104 cm³/mol. The molecule has 2 heterocycles. The molecule has 146 valence electrons. The molecule has 0 spiro atoms. The minimum Gasteiger partial charge on any atom is -0.462 e. The molecule has 1 fully saturated rings. The monoisotopic (exact) mass is 380 g/mol. The van der Waals surface area contributed by atoms with Gasteiger partial charge in [-0.05, 0) is 37.5 Å². The zero-order chi connectivity index (χ0) is 19.7. The van der Waals surface area contributed by atoms with Crippen LogP contribution in [0.2, 0.25) is 18.1 Å². The Labute approximate surface area is 157 Å². The number of nitrogen functional groups attached to an aromatic ring is 1. The average Bonchev–Trinajstić information content (AvgIpc) is 2.49. The van der Waals surface area contributed by atoms with Crippen molar-refractivity contribution in [2.45, 2.75) is 77.0 Å². The molecular formula is C19H32N2O4Si. The van der Waals surface area contributed by atoms with Crippen LogP contribution in [-0.4, -0.2) is 36.3 Å². The summed E-state index contributed by atoms with van der Waals surface area (Å²) in [4.78, 5) is 26.4. The van der Waals surface area contributed by atoms with Gasteiger partial charge in [0, 0.05) is 31.0 Å². The molecule has 1 aliphatic rings. The molecule has 26 heavy (non-hydrogen) atoms. The predicted octanol–water partition coefficient (Wildman–Crippen LogP) is 3.43. The van der Waals surface area contributed by atoms with E-state index < -0.39 is 8.32 Å². The topological polar surface area (TPSA) is 94.7 Å². The van der Waals surface area contributed by atoms with Crippen molar-refractivity contribution in [3.05, 3.63) is 24.0 Å². The van der Waals surface area contributed by atoms with Crippen LogP contribution in [0.4, 0.5) is 5.69 Å². The van der Waals surface area contributed by atoms with Gasteiger partial charge in [-0.15, -0.1) is 0 Å². The maximum absolute atomic E-state index is 11.7. The summed E-state index contributed by atoms with van der Waals surface area (Å²) in [6.45, 7) is 11.5. The second kappa shape index (κ2) is 7.66. The van der Waals surface area contributed by atoms with Crippen LogP contribution in [0.5, 0.6) is 0 Å². The third-order valence-corrected chi connectivity index (χ3v) is 9.38. The minimum absolute atomic E-state index is 0.0205. The molecule has 0 amide bonds. The molecule has 7 heteroatoms. The summed E-state index contributed by atoms with van der Waals surface area (Å²) < 4.78 is 12.0. The van der Waals surface area contributed by atoms with Crippen LogP contribution in [0.15, 0.2) is 18.5 Å². The van der Waals surface area contributed by atoms with Crippen LogP contribution in [-0.2, 0) is 14.3 Å². The Morgan fingerprint density at radius 2 is 2.15 bits per heavy atom. The van der Waals surface area contributed by atoms with Crippen molar-refractivity contribution in [3.8, 4) is 0 Å².